The van der Waals surface area contributed by atoms with E-state index in [1.807, 2.05) is 6.92 Å². The summed E-state index contributed by atoms with van der Waals surface area (Å²) in [4.78, 5) is 22.7. The number of nitrogens with one attached hydrogen (secondary N) is 2. The van der Waals surface area contributed by atoms with Crippen LogP contribution in [0, 0.1) is 12.3 Å². The number of terminal acetylenes is 1. The molecule has 7 heteroatoms. The Bertz CT molecular complexity index is 573. The first-order valence-electron chi connectivity index (χ1n) is 6.15. The maximum atomic E-state index is 11.8. The topological polar surface area (TPSA) is 78.4 Å². The van der Waals surface area contributed by atoms with Crippen LogP contribution in [-0.4, -0.2) is 23.1 Å². The molecule has 0 saturated heterocycles. The Morgan fingerprint density at radius 1 is 1.38 bits per heavy atom. The number of amides is 2. The smallest absolute Gasteiger partial charge is 0.335 e. The summed E-state index contributed by atoms with van der Waals surface area (Å²) in [6, 6.07) is 1.45. The monoisotopic (exact) mass is 328 g/mol. The predicted molar refractivity (Wildman–Crippen MR) is 83.1 cm³/mol. The van der Waals surface area contributed by atoms with Crippen molar-refractivity contribution in [2.45, 2.75) is 25.8 Å². The molecule has 0 fully saturated rings. The van der Waals surface area contributed by atoms with E-state index in [1.165, 1.54) is 12.1 Å². The number of carbonyl (C=O) groups is 2. The summed E-state index contributed by atoms with van der Waals surface area (Å²) in [5.74, 6) is 1.30. The van der Waals surface area contributed by atoms with E-state index in [0.717, 1.165) is 6.42 Å². The van der Waals surface area contributed by atoms with E-state index in [4.69, 9.17) is 34.7 Å². The zero-order valence-corrected chi connectivity index (χ0v) is 12.8. The lowest BCUT2D eigenvalue weighted by atomic mass is 10.2. The van der Waals surface area contributed by atoms with Crippen molar-refractivity contribution in [1.82, 2.24) is 5.32 Å². The molecule has 21 heavy (non-hydrogen) atoms. The summed E-state index contributed by atoms with van der Waals surface area (Å²) in [5, 5.41) is 14.0. The van der Waals surface area contributed by atoms with Gasteiger partial charge in [0, 0.05) is 0 Å². The molecule has 0 spiro atoms. The number of carboxylic acids is 1. The maximum absolute atomic E-state index is 11.8. The molecule has 0 bridgehead atoms. The molecule has 0 saturated carbocycles. The molecule has 1 aromatic rings. The van der Waals surface area contributed by atoms with Gasteiger partial charge in [-0.1, -0.05) is 42.5 Å². The normalized spacial score (nSPS) is 11.3. The van der Waals surface area contributed by atoms with Gasteiger partial charge in [0.1, 0.15) is 0 Å². The van der Waals surface area contributed by atoms with Gasteiger partial charge in [0.05, 0.1) is 27.3 Å². The minimum absolute atomic E-state index is 0.0304. The van der Waals surface area contributed by atoms with E-state index in [1.54, 1.807) is 0 Å². The maximum Gasteiger partial charge on any atom is 0.335 e. The molecular formula is C14H14Cl2N2O3. The van der Waals surface area contributed by atoms with Crippen molar-refractivity contribution in [2.24, 2.45) is 0 Å². The predicted octanol–water partition coefficient (Wildman–Crippen LogP) is 3.62. The van der Waals surface area contributed by atoms with E-state index in [-0.39, 0.29) is 21.3 Å². The van der Waals surface area contributed by atoms with Gasteiger partial charge in [-0.3, -0.25) is 0 Å². The van der Waals surface area contributed by atoms with Gasteiger partial charge in [-0.15, -0.1) is 6.42 Å². The Balaban J connectivity index is 2.86. The fraction of sp³-hybridized carbons (Fsp3) is 0.286. The molecule has 112 valence electrons. The molecule has 1 rings (SSSR count). The number of hydrogen-bond acceptors (Lipinski definition) is 2. The van der Waals surface area contributed by atoms with Crippen molar-refractivity contribution in [3.8, 4) is 12.3 Å². The van der Waals surface area contributed by atoms with E-state index >= 15 is 0 Å². The lowest BCUT2D eigenvalue weighted by Crippen LogP contribution is -2.37. The number of carboxylic acid groups (broad SMARTS) is 1. The van der Waals surface area contributed by atoms with Gasteiger partial charge in [0.15, 0.2) is 0 Å². The van der Waals surface area contributed by atoms with Crippen molar-refractivity contribution in [1.29, 1.82) is 0 Å². The molecule has 1 atom stereocenters. The van der Waals surface area contributed by atoms with Gasteiger partial charge in [-0.05, 0) is 18.6 Å². The standard InChI is InChI=1S/C14H14Cl2N2O3/c1-3-5-9(4-2)17-14(21)18-12-10(15)6-8(13(19)20)7-11(12)16/h2,6-7,9H,3,5H2,1H3,(H,19,20)(H2,17,18,21). The van der Waals surface area contributed by atoms with Gasteiger partial charge < -0.3 is 15.7 Å². The second-order valence-corrected chi connectivity index (χ2v) is 5.04. The Labute approximate surface area is 132 Å². The summed E-state index contributed by atoms with van der Waals surface area (Å²) in [6.07, 6.45) is 6.77. The Morgan fingerprint density at radius 3 is 2.38 bits per heavy atom. The third-order valence-corrected chi connectivity index (χ3v) is 3.21. The Kier molecular flexibility index (Phi) is 6.35. The van der Waals surface area contributed by atoms with E-state index < -0.39 is 18.0 Å². The number of aromatic carboxylic acids is 1. The number of benzene rings is 1. The number of rotatable bonds is 5. The first-order valence-corrected chi connectivity index (χ1v) is 6.90. The van der Waals surface area contributed by atoms with E-state index in [0.29, 0.717) is 6.42 Å². The highest BCUT2D eigenvalue weighted by atomic mass is 35.5. The van der Waals surface area contributed by atoms with Gasteiger partial charge in [-0.25, -0.2) is 9.59 Å². The van der Waals surface area contributed by atoms with Gasteiger partial charge >= 0.3 is 12.0 Å². The number of urea groups is 1. The van der Waals surface area contributed by atoms with Crippen LogP contribution < -0.4 is 10.6 Å². The number of hydrogen-bond donors (Lipinski definition) is 3. The van der Waals surface area contributed by atoms with Crippen LogP contribution >= 0.6 is 23.2 Å². The second kappa shape index (κ2) is 7.77. The highest BCUT2D eigenvalue weighted by Crippen LogP contribution is 2.31. The summed E-state index contributed by atoms with van der Waals surface area (Å²) in [5.41, 5.74) is 0.0662. The molecule has 0 heterocycles. The average molecular weight is 329 g/mol. The first-order chi connectivity index (χ1) is 9.88. The number of halogens is 2. The molecule has 1 unspecified atom stereocenters. The van der Waals surface area contributed by atoms with E-state index in [9.17, 15) is 9.59 Å². The van der Waals surface area contributed by atoms with Crippen molar-refractivity contribution in [3.05, 3.63) is 27.7 Å². The van der Waals surface area contributed by atoms with Crippen LogP contribution in [0.1, 0.15) is 30.1 Å². The van der Waals surface area contributed by atoms with Crippen LogP contribution in [0.15, 0.2) is 12.1 Å². The third kappa shape index (κ3) is 4.85. The molecule has 0 aromatic heterocycles. The molecule has 1 aromatic carbocycles. The van der Waals surface area contributed by atoms with Crippen molar-refractivity contribution in [2.75, 3.05) is 5.32 Å². The number of carbonyl (C=O) groups excluding carboxylic acids is 1. The Hall–Kier alpha value is -1.90. The molecule has 0 radical (unpaired) electrons. The van der Waals surface area contributed by atoms with Crippen LogP contribution in [0.25, 0.3) is 0 Å². The van der Waals surface area contributed by atoms with Crippen molar-refractivity contribution >= 4 is 40.9 Å². The minimum atomic E-state index is -1.16. The fourth-order valence-electron chi connectivity index (χ4n) is 1.61. The van der Waals surface area contributed by atoms with Crippen LogP contribution in [-0.2, 0) is 0 Å². The minimum Gasteiger partial charge on any atom is -0.478 e. The summed E-state index contributed by atoms with van der Waals surface area (Å²) in [6.45, 7) is 1.95. The zero-order chi connectivity index (χ0) is 16.0. The third-order valence-electron chi connectivity index (χ3n) is 2.61. The van der Waals surface area contributed by atoms with Gasteiger partial charge in [0.25, 0.3) is 0 Å². The zero-order valence-electron chi connectivity index (χ0n) is 11.2. The molecular weight excluding hydrogens is 315 g/mol. The summed E-state index contributed by atoms with van der Waals surface area (Å²) in [7, 11) is 0. The largest absolute Gasteiger partial charge is 0.478 e. The van der Waals surface area contributed by atoms with Crippen LogP contribution in [0.5, 0.6) is 0 Å². The lowest BCUT2D eigenvalue weighted by Gasteiger charge is -2.15. The fourth-order valence-corrected chi connectivity index (χ4v) is 2.19. The molecule has 0 aliphatic heterocycles. The summed E-state index contributed by atoms with van der Waals surface area (Å²) >= 11 is 11.8. The van der Waals surface area contributed by atoms with Gasteiger partial charge in [0.2, 0.25) is 0 Å². The van der Waals surface area contributed by atoms with E-state index in [2.05, 4.69) is 16.6 Å². The average Bonchev–Trinajstić information content (AvgIpc) is 2.41. The second-order valence-electron chi connectivity index (χ2n) is 4.23. The Morgan fingerprint density at radius 2 is 1.95 bits per heavy atom. The van der Waals surface area contributed by atoms with Crippen LogP contribution in [0.3, 0.4) is 0 Å². The molecule has 3 N–H and O–H groups in total. The van der Waals surface area contributed by atoms with Crippen molar-refractivity contribution < 1.29 is 14.7 Å². The SMILES string of the molecule is C#CC(CCC)NC(=O)Nc1c(Cl)cc(C(=O)O)cc1Cl. The molecule has 0 aliphatic carbocycles. The molecule has 0 aliphatic rings. The molecule has 2 amide bonds. The summed E-state index contributed by atoms with van der Waals surface area (Å²) < 4.78 is 0. The molecule has 5 nitrogen and oxygen atoms in total. The number of anilines is 1. The van der Waals surface area contributed by atoms with Crippen molar-refractivity contribution in [3.63, 3.8) is 0 Å². The van der Waals surface area contributed by atoms with Crippen LogP contribution in [0.4, 0.5) is 10.5 Å². The lowest BCUT2D eigenvalue weighted by molar-refractivity contribution is 0.0697. The van der Waals surface area contributed by atoms with Crippen LogP contribution in [0.2, 0.25) is 10.0 Å². The quantitative estimate of drug-likeness (QED) is 0.722. The van der Waals surface area contributed by atoms with Gasteiger partial charge in [-0.2, -0.15) is 0 Å². The first kappa shape index (κ1) is 17.2. The highest BCUT2D eigenvalue weighted by molar-refractivity contribution is 6.40. The highest BCUT2D eigenvalue weighted by Gasteiger charge is 2.15.